The van der Waals surface area contributed by atoms with Crippen molar-refractivity contribution in [3.63, 3.8) is 0 Å². The molecule has 1 saturated carbocycles. The van der Waals surface area contributed by atoms with Crippen molar-refractivity contribution in [2.24, 2.45) is 5.73 Å². The second-order valence-corrected chi connectivity index (χ2v) is 7.41. The molecule has 2 N–H and O–H groups in total. The van der Waals surface area contributed by atoms with Crippen LogP contribution < -0.4 is 5.73 Å². The van der Waals surface area contributed by atoms with E-state index in [-0.39, 0.29) is 11.5 Å². The van der Waals surface area contributed by atoms with Crippen LogP contribution in [0.3, 0.4) is 0 Å². The van der Waals surface area contributed by atoms with E-state index < -0.39 is 9.84 Å². The van der Waals surface area contributed by atoms with Gasteiger partial charge in [-0.05, 0) is 12.8 Å². The molecule has 0 saturated heterocycles. The summed E-state index contributed by atoms with van der Waals surface area (Å²) in [5.74, 6) is 0.219. The summed E-state index contributed by atoms with van der Waals surface area (Å²) >= 11 is 0. The van der Waals surface area contributed by atoms with Gasteiger partial charge in [0.25, 0.3) is 0 Å². The molecule has 0 radical (unpaired) electrons. The predicted octanol–water partition coefficient (Wildman–Crippen LogP) is 1.28. The summed E-state index contributed by atoms with van der Waals surface area (Å²) in [6.07, 6.45) is 6.04. The molecule has 100 valence electrons. The van der Waals surface area contributed by atoms with Crippen molar-refractivity contribution in [2.45, 2.75) is 56.2 Å². The highest BCUT2D eigenvalue weighted by atomic mass is 32.2. The van der Waals surface area contributed by atoms with Gasteiger partial charge in [-0.3, -0.25) is 4.68 Å². The fourth-order valence-electron chi connectivity index (χ4n) is 3.16. The van der Waals surface area contributed by atoms with Gasteiger partial charge in [0.1, 0.15) is 0 Å². The normalized spacial score (nSPS) is 23.2. The van der Waals surface area contributed by atoms with Crippen molar-refractivity contribution in [2.75, 3.05) is 0 Å². The van der Waals surface area contributed by atoms with Crippen LogP contribution in [-0.2, 0) is 27.9 Å². The highest BCUT2D eigenvalue weighted by molar-refractivity contribution is 7.90. The summed E-state index contributed by atoms with van der Waals surface area (Å²) in [5, 5.41) is 4.54. The van der Waals surface area contributed by atoms with Gasteiger partial charge < -0.3 is 5.73 Å². The summed E-state index contributed by atoms with van der Waals surface area (Å²) in [7, 11) is -2.97. The van der Waals surface area contributed by atoms with Crippen LogP contribution in [-0.4, -0.2) is 18.2 Å². The van der Waals surface area contributed by atoms with Crippen molar-refractivity contribution >= 4 is 9.84 Å². The van der Waals surface area contributed by atoms with E-state index >= 15 is 0 Å². The van der Waals surface area contributed by atoms with Crippen LogP contribution in [0.1, 0.15) is 55.1 Å². The van der Waals surface area contributed by atoms with E-state index in [0.717, 1.165) is 29.8 Å². The molecule has 1 aliphatic heterocycles. The molecular weight excluding hydrogens is 250 g/mol. The highest BCUT2D eigenvalue weighted by Gasteiger charge is 2.33. The molecule has 3 rings (SSSR count). The maximum atomic E-state index is 11.6. The summed E-state index contributed by atoms with van der Waals surface area (Å²) < 4.78 is 25.3. The molecule has 0 aromatic carbocycles. The summed E-state index contributed by atoms with van der Waals surface area (Å²) in [4.78, 5) is 0. The fraction of sp³-hybridized carbons (Fsp3) is 0.750. The Hall–Kier alpha value is -0.880. The van der Waals surface area contributed by atoms with Gasteiger partial charge in [-0.1, -0.05) is 19.3 Å². The quantitative estimate of drug-likeness (QED) is 0.877. The third-order valence-corrected chi connectivity index (χ3v) is 5.48. The Morgan fingerprint density at radius 1 is 1.22 bits per heavy atom. The number of nitrogens with zero attached hydrogens (tertiary/aromatic N) is 2. The van der Waals surface area contributed by atoms with Gasteiger partial charge in [-0.25, -0.2) is 8.42 Å². The maximum absolute atomic E-state index is 11.6. The van der Waals surface area contributed by atoms with E-state index in [2.05, 4.69) is 5.10 Å². The first-order valence-electron chi connectivity index (χ1n) is 6.60. The molecule has 1 aromatic rings. The molecule has 5 nitrogen and oxygen atoms in total. The van der Waals surface area contributed by atoms with E-state index in [0.29, 0.717) is 12.6 Å². The number of nitrogens with two attached hydrogens (primary N) is 1. The second kappa shape index (κ2) is 4.35. The number of rotatable bonds is 2. The van der Waals surface area contributed by atoms with Crippen molar-refractivity contribution in [1.82, 2.24) is 9.78 Å². The number of fused-ring (bicyclic) bond motifs is 1. The number of hydrogen-bond donors (Lipinski definition) is 1. The summed E-state index contributed by atoms with van der Waals surface area (Å²) in [6.45, 7) is 0.383. The summed E-state index contributed by atoms with van der Waals surface area (Å²) in [6, 6.07) is 0.422. The molecule has 18 heavy (non-hydrogen) atoms. The Kier molecular flexibility index (Phi) is 2.94. The third kappa shape index (κ3) is 1.97. The lowest BCUT2D eigenvalue weighted by Gasteiger charge is -2.24. The fourth-order valence-corrected chi connectivity index (χ4v) is 4.69. The molecule has 1 aliphatic carbocycles. The van der Waals surface area contributed by atoms with E-state index in [9.17, 15) is 8.42 Å². The third-order valence-electron chi connectivity index (χ3n) is 4.04. The maximum Gasteiger partial charge on any atom is 0.160 e. The van der Waals surface area contributed by atoms with Crippen molar-refractivity contribution < 1.29 is 8.42 Å². The SMILES string of the molecule is NCc1c2c(nn1C1CCCCC1)CS(=O)(=O)C2. The van der Waals surface area contributed by atoms with Crippen molar-refractivity contribution in [3.8, 4) is 0 Å². The van der Waals surface area contributed by atoms with Crippen LogP contribution in [0.4, 0.5) is 0 Å². The Morgan fingerprint density at radius 2 is 1.94 bits per heavy atom. The van der Waals surface area contributed by atoms with Crippen LogP contribution in [0.2, 0.25) is 0 Å². The van der Waals surface area contributed by atoms with Crippen LogP contribution in [0.5, 0.6) is 0 Å². The molecule has 1 fully saturated rings. The van der Waals surface area contributed by atoms with Gasteiger partial charge in [0.15, 0.2) is 9.84 Å². The second-order valence-electron chi connectivity index (χ2n) is 5.34. The van der Waals surface area contributed by atoms with E-state index in [1.807, 2.05) is 4.68 Å². The van der Waals surface area contributed by atoms with E-state index in [4.69, 9.17) is 5.73 Å². The van der Waals surface area contributed by atoms with Crippen molar-refractivity contribution in [3.05, 3.63) is 17.0 Å². The highest BCUT2D eigenvalue weighted by Crippen LogP contribution is 2.34. The molecule has 2 heterocycles. The lowest BCUT2D eigenvalue weighted by atomic mass is 9.95. The Balaban J connectivity index is 1.98. The minimum atomic E-state index is -2.97. The Morgan fingerprint density at radius 3 is 2.61 bits per heavy atom. The first kappa shape index (κ1) is 12.2. The standard InChI is InChI=1S/C12H19N3O2S/c13-6-12-10-7-18(16,17)8-11(10)14-15(12)9-4-2-1-3-5-9/h9H,1-8,13H2. The molecule has 2 aliphatic rings. The zero-order chi connectivity index (χ0) is 12.8. The zero-order valence-electron chi connectivity index (χ0n) is 10.4. The lowest BCUT2D eigenvalue weighted by Crippen LogP contribution is -2.19. The number of aromatic nitrogens is 2. The van der Waals surface area contributed by atoms with Gasteiger partial charge in [0.05, 0.1) is 28.9 Å². The van der Waals surface area contributed by atoms with Gasteiger partial charge in [0.2, 0.25) is 0 Å². The monoisotopic (exact) mass is 269 g/mol. The smallest absolute Gasteiger partial charge is 0.160 e. The van der Waals surface area contributed by atoms with Crippen molar-refractivity contribution in [1.29, 1.82) is 0 Å². The molecule has 6 heteroatoms. The largest absolute Gasteiger partial charge is 0.325 e. The lowest BCUT2D eigenvalue weighted by molar-refractivity contribution is 0.321. The zero-order valence-corrected chi connectivity index (χ0v) is 11.2. The first-order valence-corrected chi connectivity index (χ1v) is 8.42. The molecular formula is C12H19N3O2S. The molecule has 0 spiro atoms. The Labute approximate surface area is 107 Å². The van der Waals surface area contributed by atoms with Crippen LogP contribution >= 0.6 is 0 Å². The average Bonchev–Trinajstić information content (AvgIpc) is 2.81. The minimum Gasteiger partial charge on any atom is -0.325 e. The summed E-state index contributed by atoms with van der Waals surface area (Å²) in [5.41, 5.74) is 8.37. The molecule has 0 bridgehead atoms. The van der Waals surface area contributed by atoms with Gasteiger partial charge in [-0.2, -0.15) is 5.10 Å². The Bertz CT molecular complexity index is 556. The van der Waals surface area contributed by atoms with Gasteiger partial charge >= 0.3 is 0 Å². The first-order chi connectivity index (χ1) is 8.61. The van der Waals surface area contributed by atoms with Crippen LogP contribution in [0.15, 0.2) is 0 Å². The average molecular weight is 269 g/mol. The van der Waals surface area contributed by atoms with Gasteiger partial charge in [0, 0.05) is 12.1 Å². The number of hydrogen-bond acceptors (Lipinski definition) is 4. The minimum absolute atomic E-state index is 0.0923. The molecule has 1 aromatic heterocycles. The topological polar surface area (TPSA) is 78.0 Å². The molecule has 0 amide bonds. The van der Waals surface area contributed by atoms with Gasteiger partial charge in [-0.15, -0.1) is 0 Å². The van der Waals surface area contributed by atoms with E-state index in [1.54, 1.807) is 0 Å². The molecule has 0 atom stereocenters. The van der Waals surface area contributed by atoms with E-state index in [1.165, 1.54) is 19.3 Å². The predicted molar refractivity (Wildman–Crippen MR) is 68.6 cm³/mol. The molecule has 0 unspecified atom stereocenters. The van der Waals surface area contributed by atoms with Crippen LogP contribution in [0, 0.1) is 0 Å². The number of sulfone groups is 1. The van der Waals surface area contributed by atoms with Crippen LogP contribution in [0.25, 0.3) is 0 Å².